The van der Waals surface area contributed by atoms with Crippen molar-refractivity contribution in [3.63, 3.8) is 0 Å². The third-order valence-corrected chi connectivity index (χ3v) is 2.50. The number of rotatable bonds is 6. The highest BCUT2D eigenvalue weighted by atomic mass is 16.5. The number of carboxylic acid groups (broad SMARTS) is 2. The van der Waals surface area contributed by atoms with Gasteiger partial charge in [-0.15, -0.1) is 0 Å². The highest BCUT2D eigenvalue weighted by molar-refractivity contribution is 5.86. The molecule has 0 radical (unpaired) electrons. The number of hydrogen-bond donors (Lipinski definition) is 4. The van der Waals surface area contributed by atoms with E-state index in [1.165, 1.54) is 0 Å². The molecule has 0 spiro atoms. The number of urea groups is 1. The smallest absolute Gasteiger partial charge is 0.326 e. The first-order valence-electron chi connectivity index (χ1n) is 5.59. The van der Waals surface area contributed by atoms with Gasteiger partial charge in [0.1, 0.15) is 6.04 Å². The van der Waals surface area contributed by atoms with Gasteiger partial charge in [0.05, 0.1) is 12.5 Å². The summed E-state index contributed by atoms with van der Waals surface area (Å²) >= 11 is 0. The summed E-state index contributed by atoms with van der Waals surface area (Å²) in [6, 6.07) is -2.15. The molecule has 2 amide bonds. The number of ether oxygens (including phenoxy) is 1. The number of carboxylic acids is 2. The summed E-state index contributed by atoms with van der Waals surface area (Å²) in [4.78, 5) is 32.5. The van der Waals surface area contributed by atoms with Gasteiger partial charge in [0.15, 0.2) is 0 Å². The van der Waals surface area contributed by atoms with Crippen molar-refractivity contribution in [1.29, 1.82) is 0 Å². The molecule has 0 aromatic heterocycles. The Bertz CT molecular complexity index is 326. The van der Waals surface area contributed by atoms with Crippen LogP contribution in [0.2, 0.25) is 0 Å². The predicted octanol–water partition coefficient (Wildman–Crippen LogP) is -0.607. The van der Waals surface area contributed by atoms with Gasteiger partial charge in [0, 0.05) is 13.2 Å². The van der Waals surface area contributed by atoms with Crippen LogP contribution in [-0.4, -0.2) is 53.5 Å². The van der Waals surface area contributed by atoms with E-state index in [9.17, 15) is 14.4 Å². The number of aliphatic carboxylic acids is 2. The third kappa shape index (κ3) is 5.00. The van der Waals surface area contributed by atoms with E-state index < -0.39 is 30.4 Å². The van der Waals surface area contributed by atoms with E-state index in [4.69, 9.17) is 14.9 Å². The van der Waals surface area contributed by atoms with Crippen molar-refractivity contribution in [3.8, 4) is 0 Å². The summed E-state index contributed by atoms with van der Waals surface area (Å²) in [5.41, 5.74) is 0. The number of hydrogen-bond acceptors (Lipinski definition) is 4. The van der Waals surface area contributed by atoms with Gasteiger partial charge < -0.3 is 25.6 Å². The third-order valence-electron chi connectivity index (χ3n) is 2.50. The fraction of sp³-hybridized carbons (Fsp3) is 0.700. The molecule has 1 heterocycles. The van der Waals surface area contributed by atoms with Crippen LogP contribution >= 0.6 is 0 Å². The molecule has 8 nitrogen and oxygen atoms in total. The Morgan fingerprint density at radius 2 is 2.06 bits per heavy atom. The van der Waals surface area contributed by atoms with Crippen LogP contribution in [0.25, 0.3) is 0 Å². The molecule has 4 N–H and O–H groups in total. The zero-order valence-corrected chi connectivity index (χ0v) is 9.72. The Balaban J connectivity index is 2.31. The first-order valence-corrected chi connectivity index (χ1v) is 5.59. The van der Waals surface area contributed by atoms with Crippen LogP contribution in [0, 0.1) is 0 Å². The van der Waals surface area contributed by atoms with Gasteiger partial charge in [0.25, 0.3) is 0 Å². The zero-order valence-electron chi connectivity index (χ0n) is 9.72. The normalized spacial score (nSPS) is 20.1. The molecule has 1 unspecified atom stereocenters. The minimum Gasteiger partial charge on any atom is -0.481 e. The monoisotopic (exact) mass is 260 g/mol. The summed E-state index contributed by atoms with van der Waals surface area (Å²) in [5.74, 6) is -2.67. The molecule has 1 aliphatic heterocycles. The summed E-state index contributed by atoms with van der Waals surface area (Å²) < 4.78 is 5.27. The van der Waals surface area contributed by atoms with Crippen molar-refractivity contribution in [3.05, 3.63) is 0 Å². The Labute approximate surface area is 103 Å². The Hall–Kier alpha value is -1.83. The van der Waals surface area contributed by atoms with Gasteiger partial charge >= 0.3 is 18.0 Å². The topological polar surface area (TPSA) is 125 Å². The average molecular weight is 260 g/mol. The van der Waals surface area contributed by atoms with Gasteiger partial charge in [-0.3, -0.25) is 4.79 Å². The highest BCUT2D eigenvalue weighted by Gasteiger charge is 2.23. The van der Waals surface area contributed by atoms with Crippen LogP contribution in [0.3, 0.4) is 0 Å². The average Bonchev–Trinajstić information content (AvgIpc) is 2.77. The molecule has 1 aliphatic rings. The van der Waals surface area contributed by atoms with Crippen LogP contribution < -0.4 is 10.6 Å². The predicted molar refractivity (Wildman–Crippen MR) is 59.2 cm³/mol. The summed E-state index contributed by atoms with van der Waals surface area (Å²) in [5, 5.41) is 21.8. The Morgan fingerprint density at radius 1 is 1.33 bits per heavy atom. The number of amides is 2. The van der Waals surface area contributed by atoms with Crippen LogP contribution in [0.5, 0.6) is 0 Å². The van der Waals surface area contributed by atoms with Gasteiger partial charge in [-0.1, -0.05) is 0 Å². The molecule has 0 aliphatic carbocycles. The summed E-state index contributed by atoms with van der Waals surface area (Å²) in [6.07, 6.45) is 1.06. The minimum absolute atomic E-state index is 0.0569. The van der Waals surface area contributed by atoms with Gasteiger partial charge in [-0.25, -0.2) is 9.59 Å². The van der Waals surface area contributed by atoms with E-state index in [-0.39, 0.29) is 12.6 Å². The van der Waals surface area contributed by atoms with Crippen molar-refractivity contribution in [2.75, 3.05) is 13.2 Å². The SMILES string of the molecule is O=C(O)C[C@H](NC(=O)NCC1CCCO1)C(=O)O. The second-order valence-electron chi connectivity index (χ2n) is 3.98. The fourth-order valence-electron chi connectivity index (χ4n) is 1.60. The summed E-state index contributed by atoms with van der Waals surface area (Å²) in [6.45, 7) is 0.940. The maximum absolute atomic E-state index is 11.4. The van der Waals surface area contributed by atoms with Crippen molar-refractivity contribution in [2.45, 2.75) is 31.4 Å². The lowest BCUT2D eigenvalue weighted by Crippen LogP contribution is -2.48. The first-order chi connectivity index (χ1) is 8.49. The molecule has 102 valence electrons. The van der Waals surface area contributed by atoms with Crippen LogP contribution in [-0.2, 0) is 14.3 Å². The highest BCUT2D eigenvalue weighted by Crippen LogP contribution is 2.10. The number of nitrogens with one attached hydrogen (secondary N) is 2. The summed E-state index contributed by atoms with van der Waals surface area (Å²) in [7, 11) is 0. The van der Waals surface area contributed by atoms with E-state index in [1.807, 2.05) is 0 Å². The molecule has 0 aromatic carbocycles. The molecular formula is C10H16N2O6. The standard InChI is InChI=1S/C10H16N2O6/c13-8(14)4-7(9(15)16)12-10(17)11-5-6-2-1-3-18-6/h6-7H,1-5H2,(H,13,14)(H,15,16)(H2,11,12,17)/t6?,7-/m0/s1. The zero-order chi connectivity index (χ0) is 13.5. The maximum atomic E-state index is 11.4. The molecule has 0 saturated carbocycles. The quantitative estimate of drug-likeness (QED) is 0.505. The van der Waals surface area contributed by atoms with E-state index in [0.717, 1.165) is 12.8 Å². The molecule has 1 saturated heterocycles. The largest absolute Gasteiger partial charge is 0.481 e. The van der Waals surface area contributed by atoms with Crippen LogP contribution in [0.1, 0.15) is 19.3 Å². The molecule has 1 fully saturated rings. The van der Waals surface area contributed by atoms with E-state index >= 15 is 0 Å². The van der Waals surface area contributed by atoms with Crippen LogP contribution in [0.15, 0.2) is 0 Å². The second-order valence-corrected chi connectivity index (χ2v) is 3.98. The second kappa shape index (κ2) is 6.80. The lowest BCUT2D eigenvalue weighted by Gasteiger charge is -2.15. The Morgan fingerprint density at radius 3 is 2.56 bits per heavy atom. The van der Waals surface area contributed by atoms with E-state index in [0.29, 0.717) is 6.61 Å². The number of carbonyl (C=O) groups is 3. The van der Waals surface area contributed by atoms with Crippen molar-refractivity contribution in [1.82, 2.24) is 10.6 Å². The molecule has 0 aromatic rings. The van der Waals surface area contributed by atoms with Crippen molar-refractivity contribution >= 4 is 18.0 Å². The molecule has 1 rings (SSSR count). The molecule has 18 heavy (non-hydrogen) atoms. The molecule has 2 atom stereocenters. The van der Waals surface area contributed by atoms with E-state index in [1.54, 1.807) is 0 Å². The van der Waals surface area contributed by atoms with Gasteiger partial charge in [-0.2, -0.15) is 0 Å². The van der Waals surface area contributed by atoms with Crippen molar-refractivity contribution < 1.29 is 29.3 Å². The van der Waals surface area contributed by atoms with Gasteiger partial charge in [-0.05, 0) is 12.8 Å². The Kier molecular flexibility index (Phi) is 5.37. The molecule has 8 heteroatoms. The first kappa shape index (κ1) is 14.2. The van der Waals surface area contributed by atoms with E-state index in [2.05, 4.69) is 10.6 Å². The lowest BCUT2D eigenvalue weighted by atomic mass is 10.2. The number of carbonyl (C=O) groups excluding carboxylic acids is 1. The molecular weight excluding hydrogens is 244 g/mol. The minimum atomic E-state index is -1.44. The van der Waals surface area contributed by atoms with Gasteiger partial charge in [0.2, 0.25) is 0 Å². The van der Waals surface area contributed by atoms with Crippen molar-refractivity contribution in [2.24, 2.45) is 0 Å². The van der Waals surface area contributed by atoms with Crippen LogP contribution in [0.4, 0.5) is 4.79 Å². The fourth-order valence-corrected chi connectivity index (χ4v) is 1.60. The maximum Gasteiger partial charge on any atom is 0.326 e. The lowest BCUT2D eigenvalue weighted by molar-refractivity contribution is -0.145. The molecule has 0 bridgehead atoms.